The van der Waals surface area contributed by atoms with Crippen molar-refractivity contribution >= 4 is 34.8 Å². The fraction of sp³-hybridized carbons (Fsp3) is 0.250. The summed E-state index contributed by atoms with van der Waals surface area (Å²) in [5, 5.41) is 2.05. The van der Waals surface area contributed by atoms with Crippen LogP contribution < -0.4 is 10.6 Å². The van der Waals surface area contributed by atoms with Gasteiger partial charge in [0.2, 0.25) is 17.2 Å². The predicted molar refractivity (Wildman–Crippen MR) is 63.5 cm³/mol. The maximum Gasteiger partial charge on any atom is 0.231 e. The van der Waals surface area contributed by atoms with Gasteiger partial charge in [-0.2, -0.15) is 15.0 Å². The molecule has 0 fully saturated rings. The lowest BCUT2D eigenvalue weighted by Gasteiger charge is -2.15. The lowest BCUT2D eigenvalue weighted by Crippen LogP contribution is -2.20. The van der Waals surface area contributed by atoms with Crippen LogP contribution in [0.4, 0.5) is 11.9 Å². The highest BCUT2D eigenvalue weighted by molar-refractivity contribution is 7.07. The third kappa shape index (κ3) is 2.56. The van der Waals surface area contributed by atoms with E-state index in [2.05, 4.69) is 19.9 Å². The summed E-state index contributed by atoms with van der Waals surface area (Å²) in [6.45, 7) is 0.600. The summed E-state index contributed by atoms with van der Waals surface area (Å²) >= 11 is 7.23. The SMILES string of the molecule is CN(Cc1cscn1)c1nc(N)nc(Cl)n1. The normalized spacial score (nSPS) is 10.4. The van der Waals surface area contributed by atoms with Crippen LogP contribution in [0.2, 0.25) is 5.28 Å². The molecule has 0 aliphatic carbocycles. The Kier molecular flexibility index (Phi) is 3.16. The van der Waals surface area contributed by atoms with Crippen LogP contribution in [0.25, 0.3) is 0 Å². The Morgan fingerprint density at radius 1 is 1.44 bits per heavy atom. The van der Waals surface area contributed by atoms with Crippen LogP contribution >= 0.6 is 22.9 Å². The molecule has 84 valence electrons. The topological polar surface area (TPSA) is 80.8 Å². The van der Waals surface area contributed by atoms with Crippen molar-refractivity contribution in [3.63, 3.8) is 0 Å². The molecule has 0 radical (unpaired) electrons. The van der Waals surface area contributed by atoms with Crippen LogP contribution in [0.15, 0.2) is 10.9 Å². The first-order valence-corrected chi connectivity index (χ1v) is 5.72. The largest absolute Gasteiger partial charge is 0.368 e. The molecule has 2 aromatic heterocycles. The number of aromatic nitrogens is 4. The summed E-state index contributed by atoms with van der Waals surface area (Å²) < 4.78 is 0. The van der Waals surface area contributed by atoms with Gasteiger partial charge in [0.15, 0.2) is 0 Å². The Morgan fingerprint density at radius 2 is 2.25 bits per heavy atom. The minimum atomic E-state index is 0.0904. The molecule has 0 aromatic carbocycles. The highest BCUT2D eigenvalue weighted by Crippen LogP contribution is 2.13. The van der Waals surface area contributed by atoms with E-state index in [0.717, 1.165) is 5.69 Å². The van der Waals surface area contributed by atoms with Gasteiger partial charge in [-0.1, -0.05) is 0 Å². The van der Waals surface area contributed by atoms with E-state index in [0.29, 0.717) is 12.5 Å². The van der Waals surface area contributed by atoms with E-state index in [1.807, 2.05) is 12.4 Å². The van der Waals surface area contributed by atoms with Gasteiger partial charge < -0.3 is 10.6 Å². The minimum absolute atomic E-state index is 0.0904. The smallest absolute Gasteiger partial charge is 0.231 e. The molecule has 2 aromatic rings. The lowest BCUT2D eigenvalue weighted by molar-refractivity contribution is 0.839. The first-order valence-electron chi connectivity index (χ1n) is 4.40. The van der Waals surface area contributed by atoms with Crippen molar-refractivity contribution in [3.8, 4) is 0 Å². The molecular weight excluding hydrogens is 248 g/mol. The van der Waals surface area contributed by atoms with Crippen LogP contribution in [-0.4, -0.2) is 27.0 Å². The van der Waals surface area contributed by atoms with Crippen molar-refractivity contribution < 1.29 is 0 Å². The van der Waals surface area contributed by atoms with Crippen molar-refractivity contribution in [2.24, 2.45) is 0 Å². The van der Waals surface area contributed by atoms with Crippen LogP contribution in [-0.2, 0) is 6.54 Å². The fourth-order valence-electron chi connectivity index (χ4n) is 1.15. The maximum absolute atomic E-state index is 5.69. The van der Waals surface area contributed by atoms with Crippen LogP contribution in [0.3, 0.4) is 0 Å². The third-order valence-electron chi connectivity index (χ3n) is 1.84. The van der Waals surface area contributed by atoms with Gasteiger partial charge in [-0.3, -0.25) is 0 Å². The van der Waals surface area contributed by atoms with Gasteiger partial charge in [-0.25, -0.2) is 4.98 Å². The Balaban J connectivity index is 2.17. The van der Waals surface area contributed by atoms with Crippen LogP contribution in [0.1, 0.15) is 5.69 Å². The Bertz CT molecular complexity index is 453. The van der Waals surface area contributed by atoms with E-state index < -0.39 is 0 Å². The minimum Gasteiger partial charge on any atom is -0.368 e. The van der Waals surface area contributed by atoms with E-state index in [4.69, 9.17) is 17.3 Å². The highest BCUT2D eigenvalue weighted by Gasteiger charge is 2.09. The first kappa shape index (κ1) is 11.0. The van der Waals surface area contributed by atoms with Gasteiger partial charge >= 0.3 is 0 Å². The van der Waals surface area contributed by atoms with Crippen molar-refractivity contribution in [2.45, 2.75) is 6.54 Å². The summed E-state index contributed by atoms with van der Waals surface area (Å²) in [6, 6.07) is 0. The second-order valence-electron chi connectivity index (χ2n) is 3.10. The summed E-state index contributed by atoms with van der Waals surface area (Å²) in [5.74, 6) is 0.547. The Morgan fingerprint density at radius 3 is 2.88 bits per heavy atom. The molecule has 2 rings (SSSR count). The second-order valence-corrected chi connectivity index (χ2v) is 4.16. The molecule has 16 heavy (non-hydrogen) atoms. The van der Waals surface area contributed by atoms with Crippen molar-refractivity contribution in [1.82, 2.24) is 19.9 Å². The molecule has 0 unspecified atom stereocenters. The summed E-state index contributed by atoms with van der Waals surface area (Å²) in [4.78, 5) is 17.6. The molecule has 0 saturated heterocycles. The number of nitrogens with two attached hydrogens (primary N) is 1. The summed E-state index contributed by atoms with van der Waals surface area (Å²) in [6.07, 6.45) is 0. The first-order chi connectivity index (χ1) is 7.65. The Hall–Kier alpha value is -1.47. The number of hydrogen-bond donors (Lipinski definition) is 1. The fourth-order valence-corrected chi connectivity index (χ4v) is 1.87. The summed E-state index contributed by atoms with van der Waals surface area (Å²) in [5.41, 5.74) is 8.21. The average molecular weight is 257 g/mol. The molecule has 2 heterocycles. The van der Waals surface area contributed by atoms with Gasteiger partial charge in [-0.05, 0) is 11.6 Å². The van der Waals surface area contributed by atoms with Crippen LogP contribution in [0.5, 0.6) is 0 Å². The predicted octanol–water partition coefficient (Wildman–Crippen LogP) is 1.20. The zero-order chi connectivity index (χ0) is 11.5. The number of anilines is 2. The van der Waals surface area contributed by atoms with E-state index in [9.17, 15) is 0 Å². The van der Waals surface area contributed by atoms with Crippen LogP contribution in [0, 0.1) is 0 Å². The molecule has 0 aliphatic heterocycles. The molecule has 0 aliphatic rings. The van der Waals surface area contributed by atoms with Crippen molar-refractivity contribution in [3.05, 3.63) is 21.9 Å². The molecule has 0 atom stereocenters. The quantitative estimate of drug-likeness (QED) is 0.889. The molecule has 0 saturated carbocycles. The number of halogens is 1. The van der Waals surface area contributed by atoms with Crippen molar-refractivity contribution in [1.29, 1.82) is 0 Å². The van der Waals surface area contributed by atoms with Gasteiger partial charge in [0.05, 0.1) is 17.7 Å². The lowest BCUT2D eigenvalue weighted by atomic mass is 10.4. The number of thiazole rings is 1. The van der Waals surface area contributed by atoms with Gasteiger partial charge in [-0.15, -0.1) is 11.3 Å². The standard InChI is InChI=1S/C8H9ClN6S/c1-15(2-5-3-16-4-11-5)8-13-6(9)12-7(10)14-8/h3-4H,2H2,1H3,(H2,10,12,13,14). The molecular formula is C8H9ClN6S. The molecule has 8 heteroatoms. The molecule has 0 amide bonds. The van der Waals surface area contributed by atoms with E-state index >= 15 is 0 Å². The highest BCUT2D eigenvalue weighted by atomic mass is 35.5. The van der Waals surface area contributed by atoms with Crippen molar-refractivity contribution in [2.75, 3.05) is 17.7 Å². The number of nitrogens with zero attached hydrogens (tertiary/aromatic N) is 5. The third-order valence-corrected chi connectivity index (χ3v) is 2.64. The zero-order valence-electron chi connectivity index (χ0n) is 8.46. The van der Waals surface area contributed by atoms with E-state index in [1.54, 1.807) is 21.7 Å². The molecule has 6 nitrogen and oxygen atoms in total. The summed E-state index contributed by atoms with van der Waals surface area (Å²) in [7, 11) is 1.84. The molecule has 0 spiro atoms. The zero-order valence-corrected chi connectivity index (χ0v) is 10.0. The molecule has 0 bridgehead atoms. The van der Waals surface area contributed by atoms with E-state index in [1.165, 1.54) is 0 Å². The second kappa shape index (κ2) is 4.58. The number of hydrogen-bond acceptors (Lipinski definition) is 7. The Labute approximate surface area is 101 Å². The maximum atomic E-state index is 5.69. The average Bonchev–Trinajstić information content (AvgIpc) is 2.68. The molecule has 2 N–H and O–H groups in total. The van der Waals surface area contributed by atoms with Gasteiger partial charge in [0, 0.05) is 12.4 Å². The van der Waals surface area contributed by atoms with E-state index in [-0.39, 0.29) is 11.2 Å². The number of rotatable bonds is 3. The van der Waals surface area contributed by atoms with Gasteiger partial charge in [0.25, 0.3) is 0 Å². The monoisotopic (exact) mass is 256 g/mol. The van der Waals surface area contributed by atoms with Gasteiger partial charge in [0.1, 0.15) is 0 Å². The number of nitrogen functional groups attached to an aromatic ring is 1.